The lowest BCUT2D eigenvalue weighted by atomic mass is 9.87. The predicted octanol–water partition coefficient (Wildman–Crippen LogP) is 1.78. The van der Waals surface area contributed by atoms with Gasteiger partial charge in [0.15, 0.2) is 0 Å². The summed E-state index contributed by atoms with van der Waals surface area (Å²) >= 11 is 0. The molecule has 2 atom stereocenters. The van der Waals surface area contributed by atoms with Crippen LogP contribution in [0.5, 0.6) is 0 Å². The predicted molar refractivity (Wildman–Crippen MR) is 73.6 cm³/mol. The number of nitrogens with one attached hydrogen (secondary N) is 2. The van der Waals surface area contributed by atoms with E-state index >= 15 is 0 Å². The first-order valence-electron chi connectivity index (χ1n) is 6.16. The quantitative estimate of drug-likeness (QED) is 0.845. The highest BCUT2D eigenvalue weighted by molar-refractivity contribution is 5.91. The van der Waals surface area contributed by atoms with Crippen molar-refractivity contribution in [3.8, 4) is 0 Å². The van der Waals surface area contributed by atoms with Gasteiger partial charge in [0.05, 0.1) is 5.69 Å². The third-order valence-electron chi connectivity index (χ3n) is 3.16. The number of hydrogen-bond donors (Lipinski definition) is 2. The SMILES string of the molecule is CC(=O)Nc1cccc(C2C=CN=C3NC=CC32)n1. The second kappa shape index (κ2) is 4.68. The van der Waals surface area contributed by atoms with Gasteiger partial charge in [-0.15, -0.1) is 0 Å². The standard InChI is InChI=1S/C14H14N4O/c1-9(19)17-13-4-2-3-12(18-13)10-5-7-15-14-11(10)6-8-16-14/h2-8,10-11H,1H3,(H,15,16)(H,17,18,19). The van der Waals surface area contributed by atoms with Gasteiger partial charge in [0.1, 0.15) is 11.7 Å². The molecule has 1 amide bonds. The summed E-state index contributed by atoms with van der Waals surface area (Å²) in [5, 5.41) is 5.83. The van der Waals surface area contributed by atoms with E-state index in [9.17, 15) is 4.79 Å². The summed E-state index contributed by atoms with van der Waals surface area (Å²) in [7, 11) is 0. The molecule has 0 saturated carbocycles. The van der Waals surface area contributed by atoms with Gasteiger partial charge in [-0.3, -0.25) is 4.79 Å². The van der Waals surface area contributed by atoms with E-state index in [1.807, 2.05) is 24.4 Å². The fourth-order valence-corrected chi connectivity index (χ4v) is 2.34. The molecule has 0 bridgehead atoms. The Balaban J connectivity index is 1.90. The van der Waals surface area contributed by atoms with Crippen LogP contribution in [0.4, 0.5) is 5.82 Å². The Hall–Kier alpha value is -2.43. The van der Waals surface area contributed by atoms with Crippen LogP contribution in [0.15, 0.2) is 47.7 Å². The van der Waals surface area contributed by atoms with E-state index in [1.54, 1.807) is 12.3 Å². The molecular weight excluding hydrogens is 240 g/mol. The van der Waals surface area contributed by atoms with Gasteiger partial charge in [0.2, 0.25) is 5.91 Å². The molecule has 3 rings (SSSR count). The molecule has 0 spiro atoms. The van der Waals surface area contributed by atoms with E-state index < -0.39 is 0 Å². The van der Waals surface area contributed by atoms with E-state index in [-0.39, 0.29) is 17.7 Å². The van der Waals surface area contributed by atoms with Gasteiger partial charge in [-0.05, 0) is 18.3 Å². The summed E-state index contributed by atoms with van der Waals surface area (Å²) in [6.07, 6.45) is 7.82. The number of carbonyl (C=O) groups is 1. The van der Waals surface area contributed by atoms with Crippen LogP contribution in [0, 0.1) is 5.92 Å². The van der Waals surface area contributed by atoms with Crippen LogP contribution in [-0.2, 0) is 4.79 Å². The molecule has 2 aliphatic rings. The minimum atomic E-state index is -0.117. The molecule has 0 radical (unpaired) electrons. The molecule has 0 saturated heterocycles. The number of aliphatic imine (C=N–C) groups is 1. The summed E-state index contributed by atoms with van der Waals surface area (Å²) < 4.78 is 0. The van der Waals surface area contributed by atoms with Crippen LogP contribution in [0.1, 0.15) is 18.5 Å². The summed E-state index contributed by atoms with van der Waals surface area (Å²) in [4.78, 5) is 19.9. The number of nitrogens with zero attached hydrogens (tertiary/aromatic N) is 2. The Bertz CT molecular complexity index is 603. The zero-order valence-electron chi connectivity index (χ0n) is 10.5. The van der Waals surface area contributed by atoms with Crippen molar-refractivity contribution < 1.29 is 4.79 Å². The fraction of sp³-hybridized carbons (Fsp3) is 0.214. The van der Waals surface area contributed by atoms with Gasteiger partial charge in [-0.1, -0.05) is 18.2 Å². The van der Waals surface area contributed by atoms with Crippen molar-refractivity contribution in [1.29, 1.82) is 0 Å². The number of allylic oxidation sites excluding steroid dienone is 1. The van der Waals surface area contributed by atoms with Crippen molar-refractivity contribution in [2.45, 2.75) is 12.8 Å². The van der Waals surface area contributed by atoms with Crippen LogP contribution in [-0.4, -0.2) is 16.7 Å². The first-order chi connectivity index (χ1) is 9.24. The van der Waals surface area contributed by atoms with Crippen molar-refractivity contribution in [2.75, 3.05) is 5.32 Å². The lowest BCUT2D eigenvalue weighted by molar-refractivity contribution is -0.114. The second-order valence-corrected chi connectivity index (χ2v) is 4.54. The molecule has 0 fully saturated rings. The normalized spacial score (nSPS) is 23.5. The monoisotopic (exact) mass is 254 g/mol. The Morgan fingerprint density at radius 2 is 2.21 bits per heavy atom. The first-order valence-corrected chi connectivity index (χ1v) is 6.16. The second-order valence-electron chi connectivity index (χ2n) is 4.54. The Morgan fingerprint density at radius 1 is 1.32 bits per heavy atom. The molecule has 19 heavy (non-hydrogen) atoms. The lowest BCUT2D eigenvalue weighted by Crippen LogP contribution is -2.26. The van der Waals surface area contributed by atoms with Crippen LogP contribution in [0.25, 0.3) is 0 Å². The van der Waals surface area contributed by atoms with E-state index in [2.05, 4.69) is 26.7 Å². The average molecular weight is 254 g/mol. The number of amidine groups is 1. The Morgan fingerprint density at radius 3 is 3.05 bits per heavy atom. The first kappa shape index (κ1) is 11.6. The number of rotatable bonds is 2. The summed E-state index contributed by atoms with van der Waals surface area (Å²) in [5.41, 5.74) is 0.924. The molecule has 0 aromatic carbocycles. The molecule has 0 aliphatic carbocycles. The van der Waals surface area contributed by atoms with Gasteiger partial charge in [-0.25, -0.2) is 9.98 Å². The van der Waals surface area contributed by atoms with E-state index in [0.29, 0.717) is 5.82 Å². The molecule has 1 aromatic heterocycles. The van der Waals surface area contributed by atoms with E-state index in [4.69, 9.17) is 0 Å². The van der Waals surface area contributed by atoms with Crippen LogP contribution in [0.3, 0.4) is 0 Å². The Labute approximate surface area is 111 Å². The zero-order chi connectivity index (χ0) is 13.2. The molecule has 2 N–H and O–H groups in total. The minimum Gasteiger partial charge on any atom is -0.350 e. The maximum absolute atomic E-state index is 11.1. The van der Waals surface area contributed by atoms with Crippen molar-refractivity contribution in [2.24, 2.45) is 10.9 Å². The molecule has 2 aliphatic heterocycles. The highest BCUT2D eigenvalue weighted by atomic mass is 16.1. The number of pyridine rings is 1. The van der Waals surface area contributed by atoms with Crippen LogP contribution >= 0.6 is 0 Å². The van der Waals surface area contributed by atoms with E-state index in [0.717, 1.165) is 11.5 Å². The van der Waals surface area contributed by atoms with Crippen LogP contribution < -0.4 is 10.6 Å². The zero-order valence-corrected chi connectivity index (χ0v) is 10.5. The van der Waals surface area contributed by atoms with Gasteiger partial charge in [-0.2, -0.15) is 0 Å². The molecule has 1 aromatic rings. The van der Waals surface area contributed by atoms with Gasteiger partial charge in [0, 0.05) is 25.0 Å². The highest BCUT2D eigenvalue weighted by Crippen LogP contribution is 2.31. The number of hydrogen-bond acceptors (Lipinski definition) is 4. The smallest absolute Gasteiger partial charge is 0.222 e. The maximum atomic E-state index is 11.1. The fourth-order valence-electron chi connectivity index (χ4n) is 2.34. The lowest BCUT2D eigenvalue weighted by Gasteiger charge is -2.22. The average Bonchev–Trinajstić information content (AvgIpc) is 2.86. The maximum Gasteiger partial charge on any atom is 0.222 e. The number of anilines is 1. The number of aromatic nitrogens is 1. The number of fused-ring (bicyclic) bond motifs is 1. The molecule has 96 valence electrons. The topological polar surface area (TPSA) is 66.4 Å². The summed E-state index contributed by atoms with van der Waals surface area (Å²) in [6.45, 7) is 1.48. The Kier molecular flexibility index (Phi) is 2.87. The molecule has 2 unspecified atom stereocenters. The van der Waals surface area contributed by atoms with Crippen LogP contribution in [0.2, 0.25) is 0 Å². The van der Waals surface area contributed by atoms with Crippen molar-refractivity contribution >= 4 is 17.6 Å². The highest BCUT2D eigenvalue weighted by Gasteiger charge is 2.29. The van der Waals surface area contributed by atoms with Crippen molar-refractivity contribution in [1.82, 2.24) is 10.3 Å². The summed E-state index contributed by atoms with van der Waals surface area (Å²) in [5.74, 6) is 1.75. The summed E-state index contributed by atoms with van der Waals surface area (Å²) in [6, 6.07) is 5.66. The molecular formula is C14H14N4O. The molecule has 5 nitrogen and oxygen atoms in total. The van der Waals surface area contributed by atoms with Crippen molar-refractivity contribution in [3.63, 3.8) is 0 Å². The largest absolute Gasteiger partial charge is 0.350 e. The minimum absolute atomic E-state index is 0.117. The third-order valence-corrected chi connectivity index (χ3v) is 3.16. The van der Waals surface area contributed by atoms with Gasteiger partial charge in [0.25, 0.3) is 0 Å². The molecule has 3 heterocycles. The van der Waals surface area contributed by atoms with Gasteiger partial charge >= 0.3 is 0 Å². The van der Waals surface area contributed by atoms with Crippen molar-refractivity contribution in [3.05, 3.63) is 48.4 Å². The van der Waals surface area contributed by atoms with Gasteiger partial charge < -0.3 is 10.6 Å². The van der Waals surface area contributed by atoms with E-state index in [1.165, 1.54) is 6.92 Å². The molecule has 5 heteroatoms. The number of carbonyl (C=O) groups excluding carboxylic acids is 1. The number of amides is 1. The third kappa shape index (κ3) is 2.27.